The van der Waals surface area contributed by atoms with Gasteiger partial charge in [-0.3, -0.25) is 0 Å². The Bertz CT molecular complexity index is 1220. The Hall–Kier alpha value is -3.39. The van der Waals surface area contributed by atoms with Crippen LogP contribution in [0.4, 0.5) is 13.2 Å². The van der Waals surface area contributed by atoms with Crippen LogP contribution in [0.2, 0.25) is 0 Å². The third-order valence-corrected chi connectivity index (χ3v) is 5.16. The number of fused-ring (bicyclic) bond motifs is 1. The first-order valence-electron chi connectivity index (χ1n) is 8.40. The zero-order valence-corrected chi connectivity index (χ0v) is 15.4. The number of aromatic nitrogens is 1. The zero-order valence-electron chi connectivity index (χ0n) is 14.6. The number of aromatic carboxylic acids is 1. The summed E-state index contributed by atoms with van der Waals surface area (Å²) in [5.74, 6) is -0.995. The maximum atomic E-state index is 12.9. The lowest BCUT2D eigenvalue weighted by Gasteiger charge is -2.08. The monoisotopic (exact) mass is 415 g/mol. The number of halogens is 3. The Labute approximate surface area is 166 Å². The number of carboxylic acids is 1. The van der Waals surface area contributed by atoms with Crippen LogP contribution in [0.5, 0.6) is 10.9 Å². The SMILES string of the molecule is O=C(O)c1cccc(-c2cccc3nc(Oc4cccc(C(F)(F)F)c4)sc23)c1. The third kappa shape index (κ3) is 3.93. The van der Waals surface area contributed by atoms with E-state index in [0.717, 1.165) is 22.4 Å². The first-order valence-corrected chi connectivity index (χ1v) is 9.21. The number of ether oxygens (including phenoxy) is 1. The summed E-state index contributed by atoms with van der Waals surface area (Å²) < 4.78 is 45.0. The van der Waals surface area contributed by atoms with Gasteiger partial charge in [0.1, 0.15) is 5.75 Å². The van der Waals surface area contributed by atoms with Gasteiger partial charge in [-0.1, -0.05) is 41.7 Å². The molecule has 0 amide bonds. The van der Waals surface area contributed by atoms with Crippen molar-refractivity contribution in [2.75, 3.05) is 0 Å². The molecule has 0 aliphatic heterocycles. The quantitative estimate of drug-likeness (QED) is 0.415. The van der Waals surface area contributed by atoms with E-state index >= 15 is 0 Å². The van der Waals surface area contributed by atoms with Crippen LogP contribution in [0, 0.1) is 0 Å². The van der Waals surface area contributed by atoms with Gasteiger partial charge in [0.25, 0.3) is 5.19 Å². The van der Waals surface area contributed by atoms with E-state index in [4.69, 9.17) is 4.74 Å². The summed E-state index contributed by atoms with van der Waals surface area (Å²) in [6.45, 7) is 0. The molecule has 0 aliphatic rings. The highest BCUT2D eigenvalue weighted by Gasteiger charge is 2.30. The molecule has 4 aromatic rings. The number of alkyl halides is 3. The molecule has 0 spiro atoms. The fourth-order valence-electron chi connectivity index (χ4n) is 2.86. The average Bonchev–Trinajstić information content (AvgIpc) is 3.10. The molecule has 4 nitrogen and oxygen atoms in total. The van der Waals surface area contributed by atoms with E-state index in [2.05, 4.69) is 4.98 Å². The Morgan fingerprint density at radius 3 is 2.52 bits per heavy atom. The molecule has 8 heteroatoms. The van der Waals surface area contributed by atoms with E-state index in [-0.39, 0.29) is 16.5 Å². The van der Waals surface area contributed by atoms with Crippen LogP contribution in [-0.4, -0.2) is 16.1 Å². The summed E-state index contributed by atoms with van der Waals surface area (Å²) in [5.41, 5.74) is 1.42. The lowest BCUT2D eigenvalue weighted by molar-refractivity contribution is -0.137. The minimum atomic E-state index is -4.46. The molecule has 1 heterocycles. The van der Waals surface area contributed by atoms with Gasteiger partial charge in [-0.15, -0.1) is 0 Å². The lowest BCUT2D eigenvalue weighted by Crippen LogP contribution is -2.04. The van der Waals surface area contributed by atoms with Crippen LogP contribution in [0.3, 0.4) is 0 Å². The molecule has 4 rings (SSSR count). The zero-order chi connectivity index (χ0) is 20.6. The minimum absolute atomic E-state index is 0.0355. The Kier molecular flexibility index (Phi) is 4.71. The molecule has 0 saturated carbocycles. The van der Waals surface area contributed by atoms with Crippen LogP contribution >= 0.6 is 11.3 Å². The molecule has 0 saturated heterocycles. The fourth-order valence-corrected chi connectivity index (χ4v) is 3.83. The highest BCUT2D eigenvalue weighted by Crippen LogP contribution is 2.39. The van der Waals surface area contributed by atoms with Gasteiger partial charge < -0.3 is 9.84 Å². The number of thiazole rings is 1. The van der Waals surface area contributed by atoms with Gasteiger partial charge in [0.2, 0.25) is 0 Å². The van der Waals surface area contributed by atoms with E-state index in [0.29, 0.717) is 11.1 Å². The van der Waals surface area contributed by atoms with Crippen molar-refractivity contribution >= 4 is 27.5 Å². The maximum Gasteiger partial charge on any atom is 0.416 e. The number of nitrogens with zero attached hydrogens (tertiary/aromatic N) is 1. The van der Waals surface area contributed by atoms with Crippen molar-refractivity contribution in [3.05, 3.63) is 77.9 Å². The molecule has 0 aliphatic carbocycles. The molecule has 1 aromatic heterocycles. The molecule has 3 aromatic carbocycles. The highest BCUT2D eigenvalue weighted by atomic mass is 32.1. The molecular weight excluding hydrogens is 403 g/mol. The number of carboxylic acid groups (broad SMARTS) is 1. The maximum absolute atomic E-state index is 12.9. The third-order valence-electron chi connectivity index (χ3n) is 4.18. The number of rotatable bonds is 4. The number of benzene rings is 3. The molecule has 0 bridgehead atoms. The van der Waals surface area contributed by atoms with Crippen molar-refractivity contribution in [1.82, 2.24) is 4.98 Å². The topological polar surface area (TPSA) is 59.4 Å². The number of hydrogen-bond donors (Lipinski definition) is 1. The van der Waals surface area contributed by atoms with Gasteiger partial charge in [-0.2, -0.15) is 13.2 Å². The van der Waals surface area contributed by atoms with Gasteiger partial charge in [0, 0.05) is 5.56 Å². The predicted molar refractivity (Wildman–Crippen MR) is 104 cm³/mol. The predicted octanol–water partition coefficient (Wildman–Crippen LogP) is 6.47. The van der Waals surface area contributed by atoms with E-state index in [1.165, 1.54) is 29.5 Å². The molecule has 0 atom stereocenters. The second-order valence-corrected chi connectivity index (χ2v) is 7.11. The van der Waals surface area contributed by atoms with Gasteiger partial charge >= 0.3 is 12.1 Å². The summed E-state index contributed by atoms with van der Waals surface area (Å²) in [5, 5.41) is 9.40. The summed E-state index contributed by atoms with van der Waals surface area (Å²) in [4.78, 5) is 15.6. The standard InChI is InChI=1S/C21H12F3NO3S/c22-21(23,24)14-6-2-7-15(11-14)28-20-25-17-9-3-8-16(18(17)29-20)12-4-1-5-13(10-12)19(26)27/h1-11H,(H,26,27). The van der Waals surface area contributed by atoms with E-state index < -0.39 is 17.7 Å². The van der Waals surface area contributed by atoms with Crippen LogP contribution in [0.1, 0.15) is 15.9 Å². The summed E-state index contributed by atoms with van der Waals surface area (Å²) in [6.07, 6.45) is -4.46. The second kappa shape index (κ2) is 7.21. The van der Waals surface area contributed by atoms with Crippen molar-refractivity contribution in [2.24, 2.45) is 0 Å². The van der Waals surface area contributed by atoms with Crippen molar-refractivity contribution < 1.29 is 27.8 Å². The Balaban J connectivity index is 1.72. The van der Waals surface area contributed by atoms with Gasteiger partial charge in [0.05, 0.1) is 21.3 Å². The second-order valence-electron chi connectivity index (χ2n) is 6.15. The molecule has 0 unspecified atom stereocenters. The Morgan fingerprint density at radius 1 is 1.00 bits per heavy atom. The number of carbonyl (C=O) groups is 1. The van der Waals surface area contributed by atoms with Crippen molar-refractivity contribution in [1.29, 1.82) is 0 Å². The van der Waals surface area contributed by atoms with Gasteiger partial charge in [0.15, 0.2) is 0 Å². The first-order chi connectivity index (χ1) is 13.8. The number of hydrogen-bond acceptors (Lipinski definition) is 4. The normalized spacial score (nSPS) is 11.6. The van der Waals surface area contributed by atoms with Gasteiger partial charge in [-0.05, 0) is 42.0 Å². The summed E-state index contributed by atoms with van der Waals surface area (Å²) in [7, 11) is 0. The lowest BCUT2D eigenvalue weighted by atomic mass is 10.0. The smallest absolute Gasteiger partial charge is 0.416 e. The summed E-state index contributed by atoms with van der Waals surface area (Å²) >= 11 is 1.18. The van der Waals surface area contributed by atoms with Crippen molar-refractivity contribution in [3.63, 3.8) is 0 Å². The fraction of sp³-hybridized carbons (Fsp3) is 0.0476. The van der Waals surface area contributed by atoms with Gasteiger partial charge in [-0.25, -0.2) is 9.78 Å². The molecule has 0 fully saturated rings. The van der Waals surface area contributed by atoms with Crippen LogP contribution in [0.25, 0.3) is 21.3 Å². The van der Waals surface area contributed by atoms with E-state index in [1.807, 2.05) is 6.07 Å². The van der Waals surface area contributed by atoms with Crippen molar-refractivity contribution in [2.45, 2.75) is 6.18 Å². The molecule has 29 heavy (non-hydrogen) atoms. The minimum Gasteiger partial charge on any atom is -0.478 e. The van der Waals surface area contributed by atoms with E-state index in [9.17, 15) is 23.1 Å². The molecule has 1 N–H and O–H groups in total. The van der Waals surface area contributed by atoms with Crippen LogP contribution in [0.15, 0.2) is 66.7 Å². The van der Waals surface area contributed by atoms with Crippen LogP contribution in [-0.2, 0) is 6.18 Å². The van der Waals surface area contributed by atoms with E-state index in [1.54, 1.807) is 30.3 Å². The Morgan fingerprint density at radius 2 is 1.76 bits per heavy atom. The largest absolute Gasteiger partial charge is 0.478 e. The van der Waals surface area contributed by atoms with Crippen molar-refractivity contribution in [3.8, 4) is 22.1 Å². The average molecular weight is 415 g/mol. The highest BCUT2D eigenvalue weighted by molar-refractivity contribution is 7.20. The molecule has 146 valence electrons. The first kappa shape index (κ1) is 18.9. The molecular formula is C21H12F3NO3S. The molecule has 0 radical (unpaired) electrons. The summed E-state index contributed by atoms with van der Waals surface area (Å²) in [6, 6.07) is 16.5. The van der Waals surface area contributed by atoms with Crippen LogP contribution < -0.4 is 4.74 Å².